The highest BCUT2D eigenvalue weighted by Gasteiger charge is 2.27. The van der Waals surface area contributed by atoms with Crippen molar-refractivity contribution in [3.05, 3.63) is 0 Å². The van der Waals surface area contributed by atoms with Crippen molar-refractivity contribution >= 4 is 0 Å². The zero-order chi connectivity index (χ0) is 13.1. The Hall–Kier alpha value is -0.120. The minimum absolute atomic E-state index is 0.0269. The topological polar surface area (TPSA) is 35.5 Å². The van der Waals surface area contributed by atoms with E-state index in [1.807, 2.05) is 0 Å². The molecular weight excluding hydrogens is 236 g/mol. The molecule has 3 fully saturated rings. The number of likely N-dealkylation sites (tertiary alicyclic amines) is 1. The van der Waals surface area contributed by atoms with Crippen molar-refractivity contribution in [2.45, 2.75) is 63.5 Å². The maximum atomic E-state index is 9.71. The lowest BCUT2D eigenvalue weighted by atomic mass is 9.87. The van der Waals surface area contributed by atoms with E-state index in [2.05, 4.69) is 10.2 Å². The third kappa shape index (κ3) is 4.44. The summed E-state index contributed by atoms with van der Waals surface area (Å²) in [5.74, 6) is 1.75. The van der Waals surface area contributed by atoms with E-state index < -0.39 is 0 Å². The summed E-state index contributed by atoms with van der Waals surface area (Å²) in [6.07, 6.45) is 10.1. The maximum absolute atomic E-state index is 9.71. The number of nitrogens with one attached hydrogen (secondary N) is 1. The van der Waals surface area contributed by atoms with Crippen LogP contribution in [0.25, 0.3) is 0 Å². The highest BCUT2D eigenvalue weighted by Crippen LogP contribution is 2.30. The summed E-state index contributed by atoms with van der Waals surface area (Å²) in [6.45, 7) is 5.08. The fourth-order valence-electron chi connectivity index (χ4n) is 3.77. The van der Waals surface area contributed by atoms with Gasteiger partial charge in [0.05, 0.1) is 6.10 Å². The quantitative estimate of drug-likeness (QED) is 0.799. The summed E-state index contributed by atoms with van der Waals surface area (Å²) < 4.78 is 0. The van der Waals surface area contributed by atoms with E-state index in [1.165, 1.54) is 58.2 Å². The van der Waals surface area contributed by atoms with E-state index in [9.17, 15) is 5.11 Å². The normalized spacial score (nSPS) is 34.6. The van der Waals surface area contributed by atoms with Crippen molar-refractivity contribution in [2.24, 2.45) is 11.8 Å². The van der Waals surface area contributed by atoms with E-state index in [-0.39, 0.29) is 6.10 Å². The Morgan fingerprint density at radius 2 is 1.74 bits per heavy atom. The van der Waals surface area contributed by atoms with Crippen LogP contribution in [-0.4, -0.2) is 48.3 Å². The van der Waals surface area contributed by atoms with Gasteiger partial charge in [0.2, 0.25) is 0 Å². The summed E-state index contributed by atoms with van der Waals surface area (Å²) in [6, 6.07) is 0.731. The zero-order valence-corrected chi connectivity index (χ0v) is 12.2. The molecule has 3 aliphatic rings. The Balaban J connectivity index is 1.30. The van der Waals surface area contributed by atoms with Crippen LogP contribution in [0.2, 0.25) is 0 Å². The van der Waals surface area contributed by atoms with Crippen molar-refractivity contribution in [3.8, 4) is 0 Å². The fraction of sp³-hybridized carbons (Fsp3) is 1.00. The maximum Gasteiger partial charge on any atom is 0.0543 e. The number of hydrogen-bond donors (Lipinski definition) is 2. The molecule has 19 heavy (non-hydrogen) atoms. The van der Waals surface area contributed by atoms with Gasteiger partial charge in [-0.1, -0.05) is 6.42 Å². The molecule has 2 aliphatic carbocycles. The Labute approximate surface area is 117 Å². The van der Waals surface area contributed by atoms with Gasteiger partial charge < -0.3 is 15.3 Å². The first-order chi connectivity index (χ1) is 9.29. The van der Waals surface area contributed by atoms with Crippen LogP contribution < -0.4 is 5.32 Å². The Kier molecular flexibility index (Phi) is 4.78. The molecule has 0 amide bonds. The molecule has 0 radical (unpaired) electrons. The number of aliphatic hydroxyl groups is 1. The first kappa shape index (κ1) is 13.8. The molecule has 2 N–H and O–H groups in total. The SMILES string of the molecule is OC1CCCC(CNC2CCN(CC3CC3)CC2)C1. The van der Waals surface area contributed by atoms with Gasteiger partial charge in [0.15, 0.2) is 0 Å². The molecule has 3 rings (SSSR count). The van der Waals surface area contributed by atoms with Crippen molar-refractivity contribution in [1.82, 2.24) is 10.2 Å². The van der Waals surface area contributed by atoms with E-state index in [0.29, 0.717) is 5.92 Å². The summed E-state index contributed by atoms with van der Waals surface area (Å²) >= 11 is 0. The number of rotatable bonds is 5. The van der Waals surface area contributed by atoms with Crippen LogP contribution in [0.1, 0.15) is 51.4 Å². The molecule has 1 saturated heterocycles. The van der Waals surface area contributed by atoms with Crippen LogP contribution in [0, 0.1) is 11.8 Å². The van der Waals surface area contributed by atoms with Crippen LogP contribution in [0.3, 0.4) is 0 Å². The highest BCUT2D eigenvalue weighted by molar-refractivity contribution is 4.83. The summed E-state index contributed by atoms with van der Waals surface area (Å²) in [4.78, 5) is 2.67. The van der Waals surface area contributed by atoms with Gasteiger partial charge in [-0.05, 0) is 76.4 Å². The van der Waals surface area contributed by atoms with Gasteiger partial charge in [-0.25, -0.2) is 0 Å². The molecule has 0 aromatic carbocycles. The average Bonchev–Trinajstić information content (AvgIpc) is 3.22. The van der Waals surface area contributed by atoms with E-state index in [4.69, 9.17) is 0 Å². The second kappa shape index (κ2) is 6.55. The fourth-order valence-corrected chi connectivity index (χ4v) is 3.77. The number of hydrogen-bond acceptors (Lipinski definition) is 3. The standard InChI is InChI=1S/C16H30N2O/c19-16-3-1-2-14(10-16)11-17-15-6-8-18(9-7-15)12-13-4-5-13/h13-17,19H,1-12H2. The average molecular weight is 266 g/mol. The van der Waals surface area contributed by atoms with Gasteiger partial charge in [0, 0.05) is 12.6 Å². The molecule has 0 spiro atoms. The van der Waals surface area contributed by atoms with Crippen LogP contribution in [-0.2, 0) is 0 Å². The molecule has 110 valence electrons. The van der Waals surface area contributed by atoms with Gasteiger partial charge in [-0.15, -0.1) is 0 Å². The second-order valence-corrected chi connectivity index (χ2v) is 7.11. The van der Waals surface area contributed by atoms with E-state index >= 15 is 0 Å². The summed E-state index contributed by atoms with van der Waals surface area (Å²) in [7, 11) is 0. The molecule has 1 aliphatic heterocycles. The largest absolute Gasteiger partial charge is 0.393 e. The molecular formula is C16H30N2O. The van der Waals surface area contributed by atoms with Gasteiger partial charge in [0.25, 0.3) is 0 Å². The predicted molar refractivity (Wildman–Crippen MR) is 78.2 cm³/mol. The lowest BCUT2D eigenvalue weighted by Gasteiger charge is -2.34. The minimum atomic E-state index is -0.0269. The highest BCUT2D eigenvalue weighted by atomic mass is 16.3. The smallest absolute Gasteiger partial charge is 0.0543 e. The third-order valence-electron chi connectivity index (χ3n) is 5.25. The number of piperidine rings is 1. The minimum Gasteiger partial charge on any atom is -0.393 e. The first-order valence-corrected chi connectivity index (χ1v) is 8.43. The molecule has 2 saturated carbocycles. The molecule has 3 nitrogen and oxygen atoms in total. The number of nitrogens with zero attached hydrogens (tertiary/aromatic N) is 1. The molecule has 0 bridgehead atoms. The Bertz CT molecular complexity index is 272. The van der Waals surface area contributed by atoms with Gasteiger partial charge in [-0.3, -0.25) is 0 Å². The molecule has 2 unspecified atom stereocenters. The molecule has 2 atom stereocenters. The van der Waals surface area contributed by atoms with Crippen LogP contribution >= 0.6 is 0 Å². The van der Waals surface area contributed by atoms with E-state index in [0.717, 1.165) is 31.3 Å². The van der Waals surface area contributed by atoms with Crippen LogP contribution in [0.5, 0.6) is 0 Å². The first-order valence-electron chi connectivity index (χ1n) is 8.43. The van der Waals surface area contributed by atoms with Crippen LogP contribution in [0.4, 0.5) is 0 Å². The van der Waals surface area contributed by atoms with E-state index in [1.54, 1.807) is 0 Å². The second-order valence-electron chi connectivity index (χ2n) is 7.11. The van der Waals surface area contributed by atoms with Gasteiger partial charge >= 0.3 is 0 Å². The van der Waals surface area contributed by atoms with Gasteiger partial charge in [0.1, 0.15) is 0 Å². The number of aliphatic hydroxyl groups excluding tert-OH is 1. The predicted octanol–water partition coefficient (Wildman–Crippen LogP) is 2.00. The Morgan fingerprint density at radius 1 is 0.947 bits per heavy atom. The molecule has 1 heterocycles. The monoisotopic (exact) mass is 266 g/mol. The molecule has 0 aromatic heterocycles. The van der Waals surface area contributed by atoms with Gasteiger partial charge in [-0.2, -0.15) is 0 Å². The summed E-state index contributed by atoms with van der Waals surface area (Å²) in [5.41, 5.74) is 0. The lowest BCUT2D eigenvalue weighted by Crippen LogP contribution is -2.44. The Morgan fingerprint density at radius 3 is 2.42 bits per heavy atom. The van der Waals surface area contributed by atoms with Crippen molar-refractivity contribution in [2.75, 3.05) is 26.2 Å². The van der Waals surface area contributed by atoms with Crippen LogP contribution in [0.15, 0.2) is 0 Å². The molecule has 3 heteroatoms. The lowest BCUT2D eigenvalue weighted by molar-refractivity contribution is 0.0976. The van der Waals surface area contributed by atoms with Crippen molar-refractivity contribution < 1.29 is 5.11 Å². The zero-order valence-electron chi connectivity index (χ0n) is 12.2. The van der Waals surface area contributed by atoms with Crippen molar-refractivity contribution in [3.63, 3.8) is 0 Å². The van der Waals surface area contributed by atoms with Crippen molar-refractivity contribution in [1.29, 1.82) is 0 Å². The summed E-state index contributed by atoms with van der Waals surface area (Å²) in [5, 5.41) is 13.5. The molecule has 0 aromatic rings. The third-order valence-corrected chi connectivity index (χ3v) is 5.25.